The van der Waals surface area contributed by atoms with Gasteiger partial charge in [-0.1, -0.05) is 68.4 Å². The molecule has 4 rings (SSSR count). The molecule has 3 aromatic rings. The average Bonchev–Trinajstić information content (AvgIpc) is 3.61. The predicted molar refractivity (Wildman–Crippen MR) is 197 cm³/mol. The summed E-state index contributed by atoms with van der Waals surface area (Å²) in [5.74, 6) is -1.78. The highest BCUT2D eigenvalue weighted by molar-refractivity contribution is 5.87. The number of ether oxygens (including phenoxy) is 5. The molecular weight excluding hydrogens is 668 g/mol. The molecule has 13 heteroatoms. The second-order valence-corrected chi connectivity index (χ2v) is 12.9. The Balaban J connectivity index is 1.42. The molecule has 3 aromatic carbocycles. The van der Waals surface area contributed by atoms with Crippen LogP contribution in [0.2, 0.25) is 0 Å². The molecule has 1 fully saturated rings. The van der Waals surface area contributed by atoms with Gasteiger partial charge in [0.1, 0.15) is 12.6 Å². The lowest BCUT2D eigenvalue weighted by Gasteiger charge is -2.34. The highest BCUT2D eigenvalue weighted by Crippen LogP contribution is 2.33. The van der Waals surface area contributed by atoms with Crippen LogP contribution in [0.25, 0.3) is 10.8 Å². The molecule has 0 spiro atoms. The summed E-state index contributed by atoms with van der Waals surface area (Å²) >= 11 is 0. The highest BCUT2D eigenvalue weighted by Gasteiger charge is 2.36. The van der Waals surface area contributed by atoms with Gasteiger partial charge in [-0.15, -0.1) is 0 Å². The number of hydrogen-bond donors (Lipinski definition) is 2. The standard InChI is InChI=1S/C39H52N4O9/c1-5-50-36(45)23-29-13-15-31(16-14-29)42-19-17-32(24-42)43(28(4)33-12-8-10-30-9-6-7-11-34(30)33)39(47)52-26-51-38(46)37(27(2)3)41-35(44)25-49-22-21-48-20-18-40/h6-16,27-28,32,37H,5,17-26,40H2,1-4H3,(H,41,44)/t28-,32+,37+/m1/s1. The number of nitrogens with zero attached hydrogens (tertiary/aromatic N) is 2. The number of rotatable bonds is 19. The van der Waals surface area contributed by atoms with Crippen LogP contribution < -0.4 is 16.0 Å². The zero-order valence-electron chi connectivity index (χ0n) is 30.6. The van der Waals surface area contributed by atoms with E-state index in [0.717, 1.165) is 27.6 Å². The maximum atomic E-state index is 13.9. The second-order valence-electron chi connectivity index (χ2n) is 12.9. The van der Waals surface area contributed by atoms with E-state index in [0.29, 0.717) is 45.9 Å². The number of benzene rings is 3. The van der Waals surface area contributed by atoms with Crippen molar-refractivity contribution in [2.45, 2.75) is 58.7 Å². The van der Waals surface area contributed by atoms with E-state index in [1.165, 1.54) is 0 Å². The number of carbonyl (C=O) groups excluding carboxylic acids is 4. The summed E-state index contributed by atoms with van der Waals surface area (Å²) in [6, 6.07) is 20.2. The highest BCUT2D eigenvalue weighted by atomic mass is 16.7. The van der Waals surface area contributed by atoms with Gasteiger partial charge >= 0.3 is 18.0 Å². The van der Waals surface area contributed by atoms with E-state index in [1.54, 1.807) is 25.7 Å². The molecule has 1 aliphatic heterocycles. The minimum Gasteiger partial charge on any atom is -0.466 e. The SMILES string of the molecule is CCOC(=O)Cc1ccc(N2CC[C@H](N(C(=O)OCOC(=O)[C@@H](NC(=O)COCCOCCN)C(C)C)[C@H](C)c3cccc4ccccc34)C2)cc1. The second kappa shape index (κ2) is 20.4. The van der Waals surface area contributed by atoms with Crippen molar-refractivity contribution in [1.82, 2.24) is 10.2 Å². The zero-order valence-corrected chi connectivity index (χ0v) is 30.6. The predicted octanol–water partition coefficient (Wildman–Crippen LogP) is 4.36. The summed E-state index contributed by atoms with van der Waals surface area (Å²) < 4.78 is 26.6. The number of nitrogens with one attached hydrogen (secondary N) is 1. The number of hydrogen-bond acceptors (Lipinski definition) is 11. The van der Waals surface area contributed by atoms with Gasteiger partial charge in [0.25, 0.3) is 0 Å². The van der Waals surface area contributed by atoms with Crippen molar-refractivity contribution in [2.75, 3.05) is 64.4 Å². The van der Waals surface area contributed by atoms with Gasteiger partial charge in [-0.2, -0.15) is 0 Å². The first-order chi connectivity index (χ1) is 25.1. The molecule has 3 atom stereocenters. The third-order valence-electron chi connectivity index (χ3n) is 8.90. The van der Waals surface area contributed by atoms with Crippen LogP contribution in [0.3, 0.4) is 0 Å². The quantitative estimate of drug-likeness (QED) is 0.103. The van der Waals surface area contributed by atoms with Crippen LogP contribution >= 0.6 is 0 Å². The summed E-state index contributed by atoms with van der Waals surface area (Å²) in [5.41, 5.74) is 8.18. The lowest BCUT2D eigenvalue weighted by molar-refractivity contribution is -0.158. The van der Waals surface area contributed by atoms with Crippen molar-refractivity contribution in [3.8, 4) is 0 Å². The average molecular weight is 721 g/mol. The van der Waals surface area contributed by atoms with Gasteiger partial charge < -0.3 is 39.6 Å². The Bertz CT molecular complexity index is 1610. The fourth-order valence-electron chi connectivity index (χ4n) is 6.28. The molecule has 1 saturated heterocycles. The number of fused-ring (bicyclic) bond motifs is 1. The Hall–Kier alpha value is -4.72. The van der Waals surface area contributed by atoms with Gasteiger partial charge in [0.2, 0.25) is 12.7 Å². The van der Waals surface area contributed by atoms with Crippen LogP contribution in [-0.4, -0.2) is 100 Å². The fraction of sp³-hybridized carbons (Fsp3) is 0.487. The molecule has 0 radical (unpaired) electrons. The van der Waals surface area contributed by atoms with Crippen LogP contribution in [0, 0.1) is 5.92 Å². The molecule has 0 saturated carbocycles. The van der Waals surface area contributed by atoms with E-state index in [1.807, 2.05) is 73.7 Å². The lowest BCUT2D eigenvalue weighted by Crippen LogP contribution is -2.47. The van der Waals surface area contributed by atoms with Gasteiger partial charge in [0.15, 0.2) is 0 Å². The molecule has 1 aliphatic rings. The monoisotopic (exact) mass is 720 g/mol. The van der Waals surface area contributed by atoms with Crippen molar-refractivity contribution < 1.29 is 42.9 Å². The molecule has 0 unspecified atom stereocenters. The first kappa shape index (κ1) is 40.1. The van der Waals surface area contributed by atoms with Crippen molar-refractivity contribution in [3.05, 3.63) is 77.9 Å². The molecule has 282 valence electrons. The molecule has 2 amide bonds. The van der Waals surface area contributed by atoms with E-state index < -0.39 is 30.8 Å². The first-order valence-electron chi connectivity index (χ1n) is 17.9. The Labute approximate surface area is 305 Å². The van der Waals surface area contributed by atoms with Gasteiger partial charge in [0.05, 0.1) is 44.9 Å². The van der Waals surface area contributed by atoms with E-state index in [9.17, 15) is 19.2 Å². The third kappa shape index (κ3) is 11.4. The van der Waals surface area contributed by atoms with E-state index in [-0.39, 0.29) is 43.6 Å². The Morgan fingerprint density at radius 1 is 0.904 bits per heavy atom. The minimum absolute atomic E-state index is 0.202. The normalized spacial score (nSPS) is 15.3. The Morgan fingerprint density at radius 3 is 2.37 bits per heavy atom. The van der Waals surface area contributed by atoms with Crippen LogP contribution in [-0.2, 0) is 44.5 Å². The fourth-order valence-corrected chi connectivity index (χ4v) is 6.28. The number of anilines is 1. The van der Waals surface area contributed by atoms with Crippen molar-refractivity contribution in [2.24, 2.45) is 11.7 Å². The van der Waals surface area contributed by atoms with Gasteiger partial charge in [-0.05, 0) is 60.2 Å². The van der Waals surface area contributed by atoms with Crippen LogP contribution in [0.15, 0.2) is 66.7 Å². The summed E-state index contributed by atoms with van der Waals surface area (Å²) in [4.78, 5) is 55.3. The van der Waals surface area contributed by atoms with Crippen molar-refractivity contribution >= 4 is 40.4 Å². The lowest BCUT2D eigenvalue weighted by atomic mass is 9.97. The molecule has 0 aliphatic carbocycles. The van der Waals surface area contributed by atoms with Crippen molar-refractivity contribution in [3.63, 3.8) is 0 Å². The largest absolute Gasteiger partial charge is 0.466 e. The van der Waals surface area contributed by atoms with E-state index >= 15 is 0 Å². The summed E-state index contributed by atoms with van der Waals surface area (Å²) in [6.45, 7) is 9.29. The molecule has 3 N–H and O–H groups in total. The number of nitrogens with two attached hydrogens (primary N) is 1. The first-order valence-corrected chi connectivity index (χ1v) is 17.9. The van der Waals surface area contributed by atoms with Gasteiger partial charge in [0, 0.05) is 25.3 Å². The molecule has 52 heavy (non-hydrogen) atoms. The van der Waals surface area contributed by atoms with Gasteiger partial charge in [-0.3, -0.25) is 14.5 Å². The number of carbonyl (C=O) groups is 4. The minimum atomic E-state index is -0.971. The topological polar surface area (TPSA) is 159 Å². The smallest absolute Gasteiger partial charge is 0.413 e. The number of esters is 2. The third-order valence-corrected chi connectivity index (χ3v) is 8.90. The molecular formula is C39H52N4O9. The van der Waals surface area contributed by atoms with Crippen LogP contribution in [0.4, 0.5) is 10.5 Å². The molecule has 1 heterocycles. The summed E-state index contributed by atoms with van der Waals surface area (Å²) in [7, 11) is 0. The van der Waals surface area contributed by atoms with Gasteiger partial charge in [-0.25, -0.2) is 9.59 Å². The number of amides is 2. The van der Waals surface area contributed by atoms with E-state index in [4.69, 9.17) is 29.4 Å². The Morgan fingerprint density at radius 2 is 1.63 bits per heavy atom. The maximum absolute atomic E-state index is 13.9. The maximum Gasteiger partial charge on any atom is 0.413 e. The van der Waals surface area contributed by atoms with Crippen molar-refractivity contribution in [1.29, 1.82) is 0 Å². The Kier molecular flexibility index (Phi) is 15.7. The summed E-state index contributed by atoms with van der Waals surface area (Å²) in [6.07, 6.45) is 0.255. The van der Waals surface area contributed by atoms with Crippen LogP contribution in [0.5, 0.6) is 0 Å². The summed E-state index contributed by atoms with van der Waals surface area (Å²) in [5, 5.41) is 4.72. The molecule has 0 aromatic heterocycles. The van der Waals surface area contributed by atoms with E-state index in [2.05, 4.69) is 10.2 Å². The molecule has 0 bridgehead atoms. The van der Waals surface area contributed by atoms with Crippen LogP contribution in [0.1, 0.15) is 51.3 Å². The zero-order chi connectivity index (χ0) is 37.5. The molecule has 13 nitrogen and oxygen atoms in total.